The second-order valence-electron chi connectivity index (χ2n) is 8.05. The summed E-state index contributed by atoms with van der Waals surface area (Å²) in [4.78, 5) is 27.7. The lowest BCUT2D eigenvalue weighted by Gasteiger charge is -2.28. The number of halogens is 1. The van der Waals surface area contributed by atoms with Crippen molar-refractivity contribution in [2.24, 2.45) is 0 Å². The van der Waals surface area contributed by atoms with Crippen molar-refractivity contribution < 1.29 is 38.0 Å². The van der Waals surface area contributed by atoms with E-state index < -0.39 is 29.3 Å². The van der Waals surface area contributed by atoms with E-state index in [1.165, 1.54) is 50.5 Å². The minimum Gasteiger partial charge on any atom is -0.507 e. The number of aliphatic hydroxyl groups excluding tert-OH is 1. The summed E-state index contributed by atoms with van der Waals surface area (Å²) in [5.41, 5.74) is 0.591. The first kappa shape index (κ1) is 23.6. The van der Waals surface area contributed by atoms with Gasteiger partial charge in [-0.1, -0.05) is 0 Å². The molecule has 0 aromatic heterocycles. The number of likely N-dealkylation sites (tertiary alicyclic amines) is 1. The summed E-state index contributed by atoms with van der Waals surface area (Å²) in [6.07, 6.45) is 1.38. The van der Waals surface area contributed by atoms with E-state index in [9.17, 15) is 19.1 Å². The van der Waals surface area contributed by atoms with Crippen molar-refractivity contribution in [2.45, 2.75) is 25.0 Å². The molecule has 2 atom stereocenters. The molecule has 1 amide bonds. The normalized spacial score (nSPS) is 21.7. The Morgan fingerprint density at radius 1 is 1.09 bits per heavy atom. The van der Waals surface area contributed by atoms with Gasteiger partial charge in [-0.05, 0) is 54.8 Å². The summed E-state index contributed by atoms with van der Waals surface area (Å²) in [5.74, 6) is -1.45. The molecule has 2 aromatic rings. The highest BCUT2D eigenvalue weighted by atomic mass is 19.1. The SMILES string of the molecule is COc1cc(C2C(=C(O)c3ccc(F)cc3)C(=O)C(=O)N2CC2CCCO2)cc(OC)c1OC. The molecule has 8 nitrogen and oxygen atoms in total. The zero-order valence-corrected chi connectivity index (χ0v) is 19.2. The van der Waals surface area contributed by atoms with Gasteiger partial charge in [-0.15, -0.1) is 0 Å². The van der Waals surface area contributed by atoms with E-state index in [1.807, 2.05) is 0 Å². The van der Waals surface area contributed by atoms with E-state index in [-0.39, 0.29) is 23.8 Å². The average Bonchev–Trinajstić information content (AvgIpc) is 3.45. The van der Waals surface area contributed by atoms with Gasteiger partial charge >= 0.3 is 0 Å². The summed E-state index contributed by atoms with van der Waals surface area (Å²) < 4.78 is 35.5. The van der Waals surface area contributed by atoms with E-state index in [2.05, 4.69) is 0 Å². The third-order valence-electron chi connectivity index (χ3n) is 6.08. The highest BCUT2D eigenvalue weighted by molar-refractivity contribution is 6.46. The Balaban J connectivity index is 1.90. The number of hydrogen-bond donors (Lipinski definition) is 1. The van der Waals surface area contributed by atoms with Crippen LogP contribution in [0.3, 0.4) is 0 Å². The molecule has 2 saturated heterocycles. The van der Waals surface area contributed by atoms with Crippen molar-refractivity contribution >= 4 is 17.4 Å². The van der Waals surface area contributed by atoms with Gasteiger partial charge in [-0.2, -0.15) is 0 Å². The number of benzene rings is 2. The molecule has 2 aromatic carbocycles. The van der Waals surface area contributed by atoms with Crippen molar-refractivity contribution in [3.8, 4) is 17.2 Å². The third kappa shape index (κ3) is 4.19. The quantitative estimate of drug-likeness (QED) is 0.376. The van der Waals surface area contributed by atoms with Gasteiger partial charge in [0.15, 0.2) is 11.5 Å². The van der Waals surface area contributed by atoms with Crippen LogP contribution in [0.15, 0.2) is 42.0 Å². The van der Waals surface area contributed by atoms with Crippen molar-refractivity contribution in [2.75, 3.05) is 34.5 Å². The molecule has 9 heteroatoms. The molecule has 34 heavy (non-hydrogen) atoms. The van der Waals surface area contributed by atoms with Crippen LogP contribution >= 0.6 is 0 Å². The zero-order chi connectivity index (χ0) is 24.4. The van der Waals surface area contributed by atoms with Gasteiger partial charge in [-0.3, -0.25) is 9.59 Å². The number of amides is 1. The van der Waals surface area contributed by atoms with Gasteiger partial charge in [0.05, 0.1) is 39.0 Å². The Morgan fingerprint density at radius 2 is 1.74 bits per heavy atom. The fraction of sp³-hybridized carbons (Fsp3) is 0.360. The Morgan fingerprint density at radius 3 is 2.26 bits per heavy atom. The first-order valence-corrected chi connectivity index (χ1v) is 10.9. The molecule has 0 saturated carbocycles. The molecule has 2 heterocycles. The average molecular weight is 471 g/mol. The first-order chi connectivity index (χ1) is 16.4. The fourth-order valence-corrected chi connectivity index (χ4v) is 4.45. The van der Waals surface area contributed by atoms with Gasteiger partial charge in [0, 0.05) is 18.7 Å². The molecule has 0 bridgehead atoms. The third-order valence-corrected chi connectivity index (χ3v) is 6.08. The lowest BCUT2D eigenvalue weighted by Crippen LogP contribution is -2.36. The number of rotatable bonds is 7. The number of methoxy groups -OCH3 is 3. The maximum Gasteiger partial charge on any atom is 0.295 e. The molecule has 180 valence electrons. The predicted octanol–water partition coefficient (Wildman–Crippen LogP) is 3.45. The highest BCUT2D eigenvalue weighted by Gasteiger charge is 2.47. The Hall–Kier alpha value is -3.59. The predicted molar refractivity (Wildman–Crippen MR) is 120 cm³/mol. The Kier molecular flexibility index (Phi) is 6.74. The van der Waals surface area contributed by atoms with E-state index in [4.69, 9.17) is 18.9 Å². The minimum atomic E-state index is -0.942. The van der Waals surface area contributed by atoms with E-state index >= 15 is 0 Å². The molecule has 2 fully saturated rings. The van der Waals surface area contributed by atoms with Gasteiger partial charge < -0.3 is 29.0 Å². The van der Waals surface area contributed by atoms with Crippen molar-refractivity contribution in [1.29, 1.82) is 0 Å². The molecule has 0 radical (unpaired) electrons. The molecular weight excluding hydrogens is 445 g/mol. The van der Waals surface area contributed by atoms with Gasteiger partial charge in [0.25, 0.3) is 11.7 Å². The topological polar surface area (TPSA) is 94.5 Å². The van der Waals surface area contributed by atoms with Gasteiger partial charge in [-0.25, -0.2) is 4.39 Å². The number of ether oxygens (including phenoxy) is 4. The molecule has 2 unspecified atom stereocenters. The first-order valence-electron chi connectivity index (χ1n) is 10.9. The van der Waals surface area contributed by atoms with Gasteiger partial charge in [0.1, 0.15) is 11.6 Å². The van der Waals surface area contributed by atoms with E-state index in [0.717, 1.165) is 12.8 Å². The second kappa shape index (κ2) is 9.72. The van der Waals surface area contributed by atoms with Crippen LogP contribution in [-0.4, -0.2) is 62.3 Å². The molecule has 0 spiro atoms. The fourth-order valence-electron chi connectivity index (χ4n) is 4.45. The van der Waals surface area contributed by atoms with E-state index in [0.29, 0.717) is 29.4 Å². The molecule has 2 aliphatic heterocycles. The molecule has 2 aliphatic rings. The number of nitrogens with zero attached hydrogens (tertiary/aromatic N) is 1. The van der Waals surface area contributed by atoms with Crippen LogP contribution in [0.5, 0.6) is 17.2 Å². The van der Waals surface area contributed by atoms with Crippen LogP contribution in [0, 0.1) is 5.82 Å². The highest BCUT2D eigenvalue weighted by Crippen LogP contribution is 2.46. The minimum absolute atomic E-state index is 0.108. The number of aliphatic hydroxyl groups is 1. The lowest BCUT2D eigenvalue weighted by atomic mass is 9.94. The number of carbonyl (C=O) groups is 2. The smallest absolute Gasteiger partial charge is 0.295 e. The van der Waals surface area contributed by atoms with Crippen LogP contribution in [0.1, 0.15) is 30.0 Å². The molecule has 0 aliphatic carbocycles. The summed E-state index contributed by atoms with van der Waals surface area (Å²) in [6, 6.07) is 7.38. The summed E-state index contributed by atoms with van der Waals surface area (Å²) >= 11 is 0. The van der Waals surface area contributed by atoms with Crippen LogP contribution in [-0.2, 0) is 14.3 Å². The van der Waals surface area contributed by atoms with Crippen LogP contribution in [0.4, 0.5) is 4.39 Å². The second-order valence-corrected chi connectivity index (χ2v) is 8.05. The number of ketones is 1. The maximum absolute atomic E-state index is 13.5. The number of carbonyl (C=O) groups excluding carboxylic acids is 2. The summed E-state index contributed by atoms with van der Waals surface area (Å²) in [6.45, 7) is 0.755. The van der Waals surface area contributed by atoms with Crippen molar-refractivity contribution in [3.63, 3.8) is 0 Å². The lowest BCUT2D eigenvalue weighted by molar-refractivity contribution is -0.140. The zero-order valence-electron chi connectivity index (χ0n) is 19.2. The Bertz CT molecular complexity index is 1100. The van der Waals surface area contributed by atoms with Crippen molar-refractivity contribution in [3.05, 3.63) is 58.9 Å². The summed E-state index contributed by atoms with van der Waals surface area (Å²) in [7, 11) is 4.39. The van der Waals surface area contributed by atoms with Gasteiger partial charge in [0.2, 0.25) is 5.75 Å². The largest absolute Gasteiger partial charge is 0.507 e. The summed E-state index contributed by atoms with van der Waals surface area (Å²) in [5, 5.41) is 11.1. The van der Waals surface area contributed by atoms with Crippen LogP contribution < -0.4 is 14.2 Å². The number of hydrogen-bond acceptors (Lipinski definition) is 7. The maximum atomic E-state index is 13.5. The molecule has 4 rings (SSSR count). The number of Topliss-reactive ketones (excluding diaryl/α,β-unsaturated/α-hetero) is 1. The van der Waals surface area contributed by atoms with Crippen molar-refractivity contribution in [1.82, 2.24) is 4.90 Å². The van der Waals surface area contributed by atoms with E-state index in [1.54, 1.807) is 12.1 Å². The molecular formula is C25H26FNO7. The Labute approximate surface area is 196 Å². The van der Waals surface area contributed by atoms with Crippen LogP contribution in [0.2, 0.25) is 0 Å². The monoisotopic (exact) mass is 471 g/mol. The van der Waals surface area contributed by atoms with Crippen LogP contribution in [0.25, 0.3) is 5.76 Å². The standard InChI is InChI=1S/C25H26FNO7/c1-31-18-11-15(12-19(32-2)24(18)33-3)21-20(22(28)14-6-8-16(26)9-7-14)23(29)25(30)27(21)13-17-5-4-10-34-17/h6-9,11-12,17,21,28H,4-5,10,13H2,1-3H3. The molecule has 1 N–H and O–H groups in total.